The third-order valence-electron chi connectivity index (χ3n) is 4.52. The van der Waals surface area contributed by atoms with Gasteiger partial charge >= 0.3 is 0 Å². The first-order chi connectivity index (χ1) is 13.3. The van der Waals surface area contributed by atoms with Crippen LogP contribution in [0.4, 0.5) is 15.8 Å². The summed E-state index contributed by atoms with van der Waals surface area (Å²) in [5.74, 6) is -0.653. The molecule has 4 rings (SSSR count). The number of rotatable bonds is 3. The average molecular weight is 407 g/mol. The van der Waals surface area contributed by atoms with Gasteiger partial charge in [0, 0.05) is 18.2 Å². The fraction of sp³-hybridized carbons (Fsp3) is 0.278. The van der Waals surface area contributed by atoms with Crippen LogP contribution in [0, 0.1) is 5.82 Å². The molecule has 0 aliphatic carbocycles. The fourth-order valence-electron chi connectivity index (χ4n) is 3.34. The van der Waals surface area contributed by atoms with Crippen LogP contribution in [0.25, 0.3) is 0 Å². The Bertz CT molecular complexity index is 1040. The lowest BCUT2D eigenvalue weighted by atomic mass is 10.1. The topological polar surface area (TPSA) is 111 Å². The molecule has 0 unspecified atom stereocenters. The number of halogens is 1. The highest BCUT2D eigenvalue weighted by atomic mass is 32.2. The van der Waals surface area contributed by atoms with Crippen molar-refractivity contribution >= 4 is 27.3 Å². The van der Waals surface area contributed by atoms with Crippen molar-refractivity contribution < 1.29 is 27.1 Å². The summed E-state index contributed by atoms with van der Waals surface area (Å²) in [6, 6.07) is 7.80. The third kappa shape index (κ3) is 3.60. The zero-order chi connectivity index (χ0) is 19.9. The minimum atomic E-state index is -3.88. The van der Waals surface area contributed by atoms with Crippen LogP contribution in [-0.2, 0) is 10.0 Å². The predicted molar refractivity (Wildman–Crippen MR) is 101 cm³/mol. The van der Waals surface area contributed by atoms with Crippen LogP contribution in [0.2, 0.25) is 0 Å². The molecular weight excluding hydrogens is 389 g/mol. The number of nitrogens with two attached hydrogens (primary N) is 1. The molecule has 1 atom stereocenters. The van der Waals surface area contributed by atoms with E-state index in [2.05, 4.69) is 5.32 Å². The molecule has 1 amide bonds. The van der Waals surface area contributed by atoms with Crippen molar-refractivity contribution in [2.75, 3.05) is 35.7 Å². The van der Waals surface area contributed by atoms with Gasteiger partial charge < -0.3 is 14.8 Å². The Labute approximate surface area is 161 Å². The molecule has 8 nitrogen and oxygen atoms in total. The first kappa shape index (κ1) is 18.5. The molecule has 0 bridgehead atoms. The number of nitrogens with zero attached hydrogens (tertiary/aromatic N) is 1. The number of hydrogen-bond donors (Lipinski definition) is 2. The van der Waals surface area contributed by atoms with Crippen molar-refractivity contribution in [3.8, 4) is 11.5 Å². The lowest BCUT2D eigenvalue weighted by molar-refractivity contribution is 0.0961. The van der Waals surface area contributed by atoms with Gasteiger partial charge in [-0.25, -0.2) is 17.9 Å². The molecule has 2 aromatic rings. The minimum absolute atomic E-state index is 0.120. The Kier molecular flexibility index (Phi) is 4.60. The average Bonchev–Trinajstić information content (AvgIpc) is 2.66. The number of primary sulfonamides is 1. The molecule has 0 saturated heterocycles. The second-order valence-corrected chi connectivity index (χ2v) is 8.23. The summed E-state index contributed by atoms with van der Waals surface area (Å²) in [6.07, 6.45) is 0. The van der Waals surface area contributed by atoms with Crippen molar-refractivity contribution in [1.29, 1.82) is 0 Å². The standard InChI is InChI=1S/C18H18FN3O5S/c19-12-2-3-15-17(8-12)27-9-13(10-28(20,24)25)22(15)18(23)11-1-4-16-14(7-11)21-5-6-26-16/h1-4,7-8,13,21H,5-6,9-10H2,(H2,20,24,25)/t13-/m1/s1. The van der Waals surface area contributed by atoms with Crippen molar-refractivity contribution in [1.82, 2.24) is 0 Å². The van der Waals surface area contributed by atoms with E-state index in [0.29, 0.717) is 30.2 Å². The minimum Gasteiger partial charge on any atom is -0.490 e. The summed E-state index contributed by atoms with van der Waals surface area (Å²) >= 11 is 0. The third-order valence-corrected chi connectivity index (χ3v) is 5.37. The number of nitrogens with one attached hydrogen (secondary N) is 1. The summed E-state index contributed by atoms with van der Waals surface area (Å²) < 4.78 is 47.9. The van der Waals surface area contributed by atoms with Crippen LogP contribution in [0.1, 0.15) is 10.4 Å². The largest absolute Gasteiger partial charge is 0.490 e. The van der Waals surface area contributed by atoms with Crippen LogP contribution < -0.4 is 24.8 Å². The second kappa shape index (κ2) is 6.95. The van der Waals surface area contributed by atoms with Gasteiger partial charge in [-0.05, 0) is 30.3 Å². The molecular formula is C18H18FN3O5S. The normalized spacial score (nSPS) is 18.2. The van der Waals surface area contributed by atoms with Crippen LogP contribution >= 0.6 is 0 Å². The predicted octanol–water partition coefficient (Wildman–Crippen LogP) is 1.33. The van der Waals surface area contributed by atoms with E-state index in [1.807, 2.05) is 0 Å². The molecule has 2 heterocycles. The van der Waals surface area contributed by atoms with E-state index in [-0.39, 0.29) is 18.0 Å². The number of carbonyl (C=O) groups excluding carboxylic acids is 1. The second-order valence-electron chi connectivity index (χ2n) is 6.57. The number of sulfonamides is 1. The summed E-state index contributed by atoms with van der Waals surface area (Å²) in [4.78, 5) is 14.6. The maximum Gasteiger partial charge on any atom is 0.258 e. The number of amides is 1. The molecule has 0 saturated carbocycles. The SMILES string of the molecule is NS(=O)(=O)C[C@H]1COc2cc(F)ccc2N1C(=O)c1ccc2c(c1)NCCO2. The molecule has 0 aromatic heterocycles. The number of anilines is 2. The Morgan fingerprint density at radius 2 is 2.04 bits per heavy atom. The molecule has 0 spiro atoms. The molecule has 3 N–H and O–H groups in total. The van der Waals surface area contributed by atoms with E-state index in [9.17, 15) is 17.6 Å². The Morgan fingerprint density at radius 3 is 2.82 bits per heavy atom. The molecule has 10 heteroatoms. The number of benzene rings is 2. The van der Waals surface area contributed by atoms with Crippen LogP contribution in [0.5, 0.6) is 11.5 Å². The molecule has 2 aromatic carbocycles. The summed E-state index contributed by atoms with van der Waals surface area (Å²) in [6.45, 7) is 1.02. The highest BCUT2D eigenvalue weighted by Crippen LogP contribution is 2.37. The lowest BCUT2D eigenvalue weighted by Gasteiger charge is -2.36. The highest BCUT2D eigenvalue weighted by molar-refractivity contribution is 7.89. The number of hydrogen-bond acceptors (Lipinski definition) is 6. The highest BCUT2D eigenvalue weighted by Gasteiger charge is 2.35. The van der Waals surface area contributed by atoms with Gasteiger partial charge in [0.15, 0.2) is 0 Å². The van der Waals surface area contributed by atoms with Crippen molar-refractivity contribution in [2.24, 2.45) is 5.14 Å². The Morgan fingerprint density at radius 1 is 1.21 bits per heavy atom. The quantitative estimate of drug-likeness (QED) is 0.794. The van der Waals surface area contributed by atoms with Gasteiger partial charge in [0.05, 0.1) is 23.2 Å². The molecule has 2 aliphatic rings. The molecule has 28 heavy (non-hydrogen) atoms. The summed E-state index contributed by atoms with van der Waals surface area (Å²) in [7, 11) is -3.88. The van der Waals surface area contributed by atoms with E-state index in [1.165, 1.54) is 17.0 Å². The van der Waals surface area contributed by atoms with Crippen LogP contribution in [0.15, 0.2) is 36.4 Å². The van der Waals surface area contributed by atoms with E-state index < -0.39 is 33.5 Å². The molecule has 0 radical (unpaired) electrons. The number of ether oxygens (including phenoxy) is 2. The van der Waals surface area contributed by atoms with E-state index in [1.54, 1.807) is 18.2 Å². The summed E-state index contributed by atoms with van der Waals surface area (Å²) in [5.41, 5.74) is 1.29. The van der Waals surface area contributed by atoms with Gasteiger partial charge in [0.1, 0.15) is 30.5 Å². The maximum absolute atomic E-state index is 13.6. The van der Waals surface area contributed by atoms with Crippen molar-refractivity contribution in [2.45, 2.75) is 6.04 Å². The van der Waals surface area contributed by atoms with E-state index in [4.69, 9.17) is 14.6 Å². The smallest absolute Gasteiger partial charge is 0.258 e. The lowest BCUT2D eigenvalue weighted by Crippen LogP contribution is -2.51. The molecule has 0 fully saturated rings. The Hall–Kier alpha value is -2.85. The van der Waals surface area contributed by atoms with Gasteiger partial charge in [-0.3, -0.25) is 9.69 Å². The van der Waals surface area contributed by atoms with Gasteiger partial charge in [0.2, 0.25) is 10.0 Å². The maximum atomic E-state index is 13.6. The first-order valence-electron chi connectivity index (χ1n) is 8.59. The number of fused-ring (bicyclic) bond motifs is 2. The van der Waals surface area contributed by atoms with Crippen molar-refractivity contribution in [3.63, 3.8) is 0 Å². The monoisotopic (exact) mass is 407 g/mol. The van der Waals surface area contributed by atoms with Gasteiger partial charge in [-0.2, -0.15) is 0 Å². The zero-order valence-corrected chi connectivity index (χ0v) is 15.5. The van der Waals surface area contributed by atoms with Crippen LogP contribution in [-0.4, -0.2) is 45.9 Å². The van der Waals surface area contributed by atoms with Crippen molar-refractivity contribution in [3.05, 3.63) is 47.8 Å². The van der Waals surface area contributed by atoms with Gasteiger partial charge in [0.25, 0.3) is 5.91 Å². The number of carbonyl (C=O) groups is 1. The van der Waals surface area contributed by atoms with Gasteiger partial charge in [-0.1, -0.05) is 0 Å². The zero-order valence-electron chi connectivity index (χ0n) is 14.7. The fourth-order valence-corrected chi connectivity index (χ4v) is 4.12. The summed E-state index contributed by atoms with van der Waals surface area (Å²) in [5, 5.41) is 8.35. The first-order valence-corrected chi connectivity index (χ1v) is 10.3. The van der Waals surface area contributed by atoms with Crippen LogP contribution in [0.3, 0.4) is 0 Å². The van der Waals surface area contributed by atoms with Gasteiger partial charge in [-0.15, -0.1) is 0 Å². The molecule has 148 valence electrons. The molecule has 2 aliphatic heterocycles. The van der Waals surface area contributed by atoms with E-state index >= 15 is 0 Å². The van der Waals surface area contributed by atoms with E-state index in [0.717, 1.165) is 6.07 Å². The Balaban J connectivity index is 1.75.